The van der Waals surface area contributed by atoms with Gasteiger partial charge in [0.2, 0.25) is 0 Å². The molecule has 0 bridgehead atoms. The van der Waals surface area contributed by atoms with Crippen molar-refractivity contribution in [1.29, 1.82) is 0 Å². The molecule has 256 valence electrons. The molecular weight excluding hydrogens is 685 g/mol. The number of benzene rings is 9. The zero-order valence-corrected chi connectivity index (χ0v) is 30.6. The molecule has 0 spiro atoms. The highest BCUT2D eigenvalue weighted by atomic mass is 32.2. The van der Waals surface area contributed by atoms with Crippen LogP contribution in [0.2, 0.25) is 0 Å². The molecule has 1 aliphatic rings. The third-order valence-corrected chi connectivity index (χ3v) is 12.7. The van der Waals surface area contributed by atoms with Gasteiger partial charge >= 0.3 is 0 Å². The van der Waals surface area contributed by atoms with Crippen molar-refractivity contribution in [3.05, 3.63) is 194 Å². The molecule has 2 aromatic heterocycles. The summed E-state index contributed by atoms with van der Waals surface area (Å²) in [6.45, 7) is 0. The Balaban J connectivity index is 1.11. The van der Waals surface area contributed by atoms with Crippen molar-refractivity contribution in [2.45, 2.75) is 9.79 Å². The maximum Gasteiger partial charge on any atom is 0.131 e. The Morgan fingerprint density at radius 1 is 0.382 bits per heavy atom. The van der Waals surface area contributed by atoms with Crippen LogP contribution in [0, 0.1) is 0 Å². The van der Waals surface area contributed by atoms with Crippen molar-refractivity contribution >= 4 is 66.1 Å². The van der Waals surface area contributed by atoms with Gasteiger partial charge in [-0.2, -0.15) is 0 Å². The topological polar surface area (TPSA) is 9.86 Å². The summed E-state index contributed by atoms with van der Waals surface area (Å²) in [6, 6.07) is 71.3. The van der Waals surface area contributed by atoms with Crippen LogP contribution in [-0.4, -0.2) is 9.13 Å². The van der Waals surface area contributed by atoms with Crippen LogP contribution in [-0.2, 0) is 0 Å². The van der Waals surface area contributed by atoms with E-state index in [1.165, 1.54) is 103 Å². The summed E-state index contributed by atoms with van der Waals surface area (Å²) >= 11 is 1.90. The molecule has 0 saturated heterocycles. The van der Waals surface area contributed by atoms with Crippen molar-refractivity contribution in [1.82, 2.24) is 9.13 Å². The highest BCUT2D eigenvalue weighted by molar-refractivity contribution is 8.00. The SMILES string of the molecule is c1ccc(-n2c3cccc(-c4ccc5ccccc5c4)c3c3c4cccc5c4n(c32)-c2cccc(-c3ccc(-c4ccc6ccccc6c4)cc3)c2S5)cc1. The monoisotopic (exact) mass is 716 g/mol. The van der Waals surface area contributed by atoms with Gasteiger partial charge in [-0.1, -0.05) is 163 Å². The number of hydrogen-bond acceptors (Lipinski definition) is 1. The zero-order chi connectivity index (χ0) is 36.0. The van der Waals surface area contributed by atoms with Gasteiger partial charge in [-0.25, -0.2) is 0 Å². The maximum atomic E-state index is 2.55. The van der Waals surface area contributed by atoms with Crippen LogP contribution in [0.5, 0.6) is 0 Å². The highest BCUT2D eigenvalue weighted by Gasteiger charge is 2.30. The Morgan fingerprint density at radius 3 is 1.78 bits per heavy atom. The van der Waals surface area contributed by atoms with Gasteiger partial charge in [-0.3, -0.25) is 9.13 Å². The summed E-state index contributed by atoms with van der Waals surface area (Å²) in [5, 5.41) is 8.89. The molecule has 0 fully saturated rings. The smallest absolute Gasteiger partial charge is 0.131 e. The second-order valence-electron chi connectivity index (χ2n) is 14.5. The van der Waals surface area contributed by atoms with Gasteiger partial charge < -0.3 is 0 Å². The minimum Gasteiger partial charge on any atom is -0.295 e. The van der Waals surface area contributed by atoms with Crippen LogP contribution < -0.4 is 0 Å². The number of nitrogens with zero attached hydrogens (tertiary/aromatic N) is 2. The highest BCUT2D eigenvalue weighted by Crippen LogP contribution is 2.53. The Kier molecular flexibility index (Phi) is 6.60. The number of hydrogen-bond donors (Lipinski definition) is 0. The Labute approximate surface area is 322 Å². The number of aromatic nitrogens is 2. The first kappa shape index (κ1) is 30.6. The van der Waals surface area contributed by atoms with E-state index in [0.717, 1.165) is 5.69 Å². The fourth-order valence-electron chi connectivity index (χ4n) is 8.96. The number of para-hydroxylation sites is 2. The van der Waals surface area contributed by atoms with Crippen LogP contribution in [0.25, 0.3) is 99.1 Å². The molecule has 0 unspecified atom stereocenters. The van der Waals surface area contributed by atoms with E-state index in [-0.39, 0.29) is 0 Å². The molecular formula is C52H32N2S. The van der Waals surface area contributed by atoms with Gasteiger partial charge in [-0.15, -0.1) is 0 Å². The van der Waals surface area contributed by atoms with E-state index in [4.69, 9.17) is 0 Å². The lowest BCUT2D eigenvalue weighted by molar-refractivity contribution is 1.03. The van der Waals surface area contributed by atoms with Gasteiger partial charge in [0.25, 0.3) is 0 Å². The lowest BCUT2D eigenvalue weighted by Crippen LogP contribution is -2.06. The van der Waals surface area contributed by atoms with Gasteiger partial charge in [0.1, 0.15) is 5.65 Å². The lowest BCUT2D eigenvalue weighted by Gasteiger charge is -2.23. The van der Waals surface area contributed by atoms with Gasteiger partial charge in [0.05, 0.1) is 16.7 Å². The van der Waals surface area contributed by atoms with Crippen LogP contribution in [0.4, 0.5) is 0 Å². The average molecular weight is 717 g/mol. The standard InChI is InChI=1S/C52H32N2S/c1-2-15-41(16-3-1)53-45-20-8-17-42(40-30-26-34-12-5-7-14-38(34)32-40)48(45)49-44-19-10-22-47-50(44)54(52(49)53)46-21-9-18-43(51(46)55-47)36-27-23-35(24-28-36)39-29-25-33-11-4-6-13-37(33)31-39/h1-32H. The summed E-state index contributed by atoms with van der Waals surface area (Å²) in [4.78, 5) is 2.55. The molecule has 12 rings (SSSR count). The third-order valence-electron chi connectivity index (χ3n) is 11.5. The zero-order valence-electron chi connectivity index (χ0n) is 29.8. The lowest BCUT2D eigenvalue weighted by atomic mass is 9.97. The Hall–Kier alpha value is -6.81. The fourth-order valence-corrected chi connectivity index (χ4v) is 10.2. The summed E-state index contributed by atoms with van der Waals surface area (Å²) in [6.07, 6.45) is 0. The first-order valence-corrected chi connectivity index (χ1v) is 19.7. The minimum absolute atomic E-state index is 1.15. The maximum absolute atomic E-state index is 2.55. The van der Waals surface area contributed by atoms with Crippen LogP contribution in [0.1, 0.15) is 0 Å². The minimum atomic E-state index is 1.15. The third kappa shape index (κ3) is 4.57. The van der Waals surface area contributed by atoms with E-state index in [0.29, 0.717) is 0 Å². The van der Waals surface area contributed by atoms with Crippen molar-refractivity contribution in [2.24, 2.45) is 0 Å². The van der Waals surface area contributed by atoms with Crippen molar-refractivity contribution in [3.63, 3.8) is 0 Å². The Morgan fingerprint density at radius 2 is 1.00 bits per heavy atom. The average Bonchev–Trinajstić information content (AvgIpc) is 3.77. The van der Waals surface area contributed by atoms with E-state index in [1.54, 1.807) is 0 Å². The van der Waals surface area contributed by atoms with Gasteiger partial charge in [-0.05, 0) is 97.4 Å². The molecule has 3 heteroatoms. The van der Waals surface area contributed by atoms with E-state index in [1.807, 2.05) is 11.8 Å². The van der Waals surface area contributed by atoms with Crippen LogP contribution in [0.3, 0.4) is 0 Å². The molecule has 0 aliphatic carbocycles. The Bertz CT molecular complexity index is 3330. The second kappa shape index (κ2) is 11.8. The van der Waals surface area contributed by atoms with E-state index in [2.05, 4.69) is 203 Å². The first-order chi connectivity index (χ1) is 27.3. The molecule has 1 aliphatic heterocycles. The molecule has 2 nitrogen and oxygen atoms in total. The van der Waals surface area contributed by atoms with E-state index < -0.39 is 0 Å². The van der Waals surface area contributed by atoms with E-state index in [9.17, 15) is 0 Å². The molecule has 0 amide bonds. The largest absolute Gasteiger partial charge is 0.295 e. The van der Waals surface area contributed by atoms with Gasteiger partial charge in [0.15, 0.2) is 0 Å². The van der Waals surface area contributed by atoms with Crippen molar-refractivity contribution in [3.8, 4) is 44.8 Å². The molecule has 0 N–H and O–H groups in total. The summed E-state index contributed by atoms with van der Waals surface area (Å²) in [5.74, 6) is 0. The fraction of sp³-hybridized carbons (Fsp3) is 0. The molecule has 0 atom stereocenters. The van der Waals surface area contributed by atoms with Crippen LogP contribution >= 0.6 is 11.8 Å². The molecule has 9 aromatic carbocycles. The van der Waals surface area contributed by atoms with Crippen LogP contribution in [0.15, 0.2) is 204 Å². The van der Waals surface area contributed by atoms with Gasteiger partial charge in [0, 0.05) is 31.6 Å². The summed E-state index contributed by atoms with van der Waals surface area (Å²) in [5.41, 5.74) is 13.4. The summed E-state index contributed by atoms with van der Waals surface area (Å²) < 4.78 is 5.04. The quantitative estimate of drug-likeness (QED) is 0.176. The molecule has 0 saturated carbocycles. The summed E-state index contributed by atoms with van der Waals surface area (Å²) in [7, 11) is 0. The normalized spacial score (nSPS) is 12.3. The predicted molar refractivity (Wildman–Crippen MR) is 233 cm³/mol. The first-order valence-electron chi connectivity index (χ1n) is 18.8. The van der Waals surface area contributed by atoms with E-state index >= 15 is 0 Å². The molecule has 3 heterocycles. The molecule has 0 radical (unpaired) electrons. The van der Waals surface area contributed by atoms with Crippen molar-refractivity contribution < 1.29 is 0 Å². The molecule has 55 heavy (non-hydrogen) atoms. The molecule has 11 aromatic rings. The number of rotatable bonds is 4. The predicted octanol–water partition coefficient (Wildman–Crippen LogP) is 14.5. The van der Waals surface area contributed by atoms with Crippen molar-refractivity contribution in [2.75, 3.05) is 0 Å². The second-order valence-corrected chi connectivity index (χ2v) is 15.6. The number of fused-ring (bicyclic) bond motifs is 9.